The second-order valence-electron chi connectivity index (χ2n) is 8.31. The number of thiazole rings is 1. The van der Waals surface area contributed by atoms with Crippen LogP contribution in [0.4, 0.5) is 16.8 Å². The third-order valence-electron chi connectivity index (χ3n) is 5.85. The van der Waals surface area contributed by atoms with Gasteiger partial charge in [-0.25, -0.2) is 4.98 Å². The molecule has 166 valence electrons. The van der Waals surface area contributed by atoms with Crippen LogP contribution in [-0.2, 0) is 6.42 Å². The van der Waals surface area contributed by atoms with Crippen LogP contribution in [0.3, 0.4) is 0 Å². The van der Waals surface area contributed by atoms with E-state index in [-0.39, 0.29) is 0 Å². The van der Waals surface area contributed by atoms with E-state index >= 15 is 0 Å². The summed E-state index contributed by atoms with van der Waals surface area (Å²) in [5.41, 5.74) is 5.08. The normalized spacial score (nSPS) is 16.1. The van der Waals surface area contributed by atoms with Gasteiger partial charge in [0, 0.05) is 32.2 Å². The Hall–Kier alpha value is -2.49. The van der Waals surface area contributed by atoms with Gasteiger partial charge in [0.2, 0.25) is 0 Å². The van der Waals surface area contributed by atoms with Crippen LogP contribution < -0.4 is 15.0 Å². The highest BCUT2D eigenvalue weighted by molar-refractivity contribution is 9.11. The van der Waals surface area contributed by atoms with Gasteiger partial charge < -0.3 is 19.9 Å². The smallest absolute Gasteiger partial charge is 0.325 e. The molecule has 3 aromatic rings. The summed E-state index contributed by atoms with van der Waals surface area (Å²) in [6, 6.07) is 6.47. The number of hydrogen-bond donors (Lipinski definition) is 1. The summed E-state index contributed by atoms with van der Waals surface area (Å²) in [5, 5.41) is 4.07. The van der Waals surface area contributed by atoms with Crippen LogP contribution in [0, 0.1) is 6.92 Å². The average Bonchev–Trinajstić information content (AvgIpc) is 3.35. The molecule has 0 amide bonds. The highest BCUT2D eigenvalue weighted by Gasteiger charge is 2.20. The van der Waals surface area contributed by atoms with Gasteiger partial charge >= 0.3 is 6.01 Å². The van der Waals surface area contributed by atoms with E-state index in [2.05, 4.69) is 74.1 Å². The maximum atomic E-state index is 6.25. The van der Waals surface area contributed by atoms with Gasteiger partial charge in [-0.05, 0) is 66.0 Å². The molecule has 2 aliphatic rings. The maximum absolute atomic E-state index is 6.25. The third-order valence-corrected chi connectivity index (χ3v) is 7.24. The third kappa shape index (κ3) is 4.51. The Labute approximate surface area is 200 Å². The molecule has 0 spiro atoms. The van der Waals surface area contributed by atoms with E-state index in [4.69, 9.17) is 9.72 Å². The number of likely N-dealkylation sites (N-methyl/N-ethyl adjacent to an activating group) is 1. The summed E-state index contributed by atoms with van der Waals surface area (Å²) in [6.07, 6.45) is 5.02. The molecule has 1 fully saturated rings. The molecule has 0 radical (unpaired) electrons. The van der Waals surface area contributed by atoms with Crippen molar-refractivity contribution in [1.82, 2.24) is 19.9 Å². The van der Waals surface area contributed by atoms with Crippen molar-refractivity contribution in [2.75, 3.05) is 43.4 Å². The van der Waals surface area contributed by atoms with Crippen LogP contribution in [0.15, 0.2) is 33.8 Å². The molecule has 3 heterocycles. The zero-order chi connectivity index (χ0) is 22.2. The zero-order valence-electron chi connectivity index (χ0n) is 18.4. The van der Waals surface area contributed by atoms with Crippen molar-refractivity contribution in [3.63, 3.8) is 0 Å². The van der Waals surface area contributed by atoms with Crippen molar-refractivity contribution in [3.8, 4) is 11.8 Å². The molecule has 1 aliphatic carbocycles. The number of ether oxygens (including phenoxy) is 1. The number of piperazine rings is 1. The molecular weight excluding hydrogens is 488 g/mol. The number of aromatic nitrogens is 3. The molecule has 0 saturated carbocycles. The molecule has 32 heavy (non-hydrogen) atoms. The van der Waals surface area contributed by atoms with Crippen molar-refractivity contribution in [3.05, 3.63) is 50.4 Å². The van der Waals surface area contributed by atoms with Crippen molar-refractivity contribution < 1.29 is 4.74 Å². The fourth-order valence-corrected chi connectivity index (χ4v) is 5.18. The van der Waals surface area contributed by atoms with E-state index in [9.17, 15) is 0 Å². The molecule has 9 heteroatoms. The van der Waals surface area contributed by atoms with Gasteiger partial charge in [-0.1, -0.05) is 29.1 Å². The lowest BCUT2D eigenvalue weighted by Gasteiger charge is -2.33. The Morgan fingerprint density at radius 1 is 1.12 bits per heavy atom. The summed E-state index contributed by atoms with van der Waals surface area (Å²) in [4.78, 5) is 18.4. The molecule has 2 aromatic heterocycles. The zero-order valence-corrected chi connectivity index (χ0v) is 20.8. The van der Waals surface area contributed by atoms with Gasteiger partial charge in [0.15, 0.2) is 5.13 Å². The van der Waals surface area contributed by atoms with Crippen LogP contribution in [0.25, 0.3) is 6.08 Å². The van der Waals surface area contributed by atoms with E-state index in [1.807, 2.05) is 12.1 Å². The average molecular weight is 513 g/mol. The van der Waals surface area contributed by atoms with E-state index < -0.39 is 0 Å². The molecule has 0 unspecified atom stereocenters. The Bertz CT molecular complexity index is 1190. The van der Waals surface area contributed by atoms with E-state index in [0.717, 1.165) is 58.6 Å². The topological polar surface area (TPSA) is 66.4 Å². The first kappa shape index (κ1) is 21.4. The molecular formula is C23H25BrN6OS. The summed E-state index contributed by atoms with van der Waals surface area (Å²) in [5.74, 6) is 2.31. The number of nitrogens with one attached hydrogen (secondary N) is 1. The van der Waals surface area contributed by atoms with Gasteiger partial charge in [-0.2, -0.15) is 9.97 Å². The highest BCUT2D eigenvalue weighted by Crippen LogP contribution is 2.35. The molecule has 5 rings (SSSR count). The SMILES string of the molecule is CC1=Cc2c(ccc(Oc3nc(Nc4ncc(Br)s4)cc(N4CCN(C)CC4)n3)c2C)C1. The molecule has 1 N–H and O–H groups in total. The predicted molar refractivity (Wildman–Crippen MR) is 133 cm³/mol. The minimum Gasteiger partial charge on any atom is -0.424 e. The van der Waals surface area contributed by atoms with Gasteiger partial charge in [0.1, 0.15) is 17.4 Å². The first-order chi connectivity index (χ1) is 15.4. The van der Waals surface area contributed by atoms with Gasteiger partial charge in [-0.3, -0.25) is 0 Å². The minimum atomic E-state index is 0.335. The predicted octanol–water partition coefficient (Wildman–Crippen LogP) is 5.25. The fraction of sp³-hybridized carbons (Fsp3) is 0.348. The molecule has 1 saturated heterocycles. The summed E-state index contributed by atoms with van der Waals surface area (Å²) >= 11 is 4.98. The number of rotatable bonds is 5. The van der Waals surface area contributed by atoms with Gasteiger partial charge in [0.25, 0.3) is 0 Å². The van der Waals surface area contributed by atoms with Gasteiger partial charge in [0.05, 0.1) is 9.98 Å². The standard InChI is InChI=1S/C23H25BrN6OS/c1-14-10-16-4-5-18(15(2)17(16)11-14)31-22-26-20(27-23-25-13-19(24)32-23)12-21(28-22)30-8-6-29(3)7-9-30/h4-5,11-13H,6-10H2,1-3H3,(H,25,26,27,28). The van der Waals surface area contributed by atoms with E-state index in [1.165, 1.54) is 28.0 Å². The molecule has 0 atom stereocenters. The minimum absolute atomic E-state index is 0.335. The molecule has 1 aromatic carbocycles. The molecule has 1 aliphatic heterocycles. The molecule has 0 bridgehead atoms. The fourth-order valence-electron chi connectivity index (χ4n) is 4.07. The largest absolute Gasteiger partial charge is 0.424 e. The Morgan fingerprint density at radius 3 is 2.69 bits per heavy atom. The summed E-state index contributed by atoms with van der Waals surface area (Å²) < 4.78 is 7.21. The lowest BCUT2D eigenvalue weighted by Crippen LogP contribution is -2.44. The monoisotopic (exact) mass is 512 g/mol. The van der Waals surface area contributed by atoms with Crippen molar-refractivity contribution in [1.29, 1.82) is 0 Å². The highest BCUT2D eigenvalue weighted by atomic mass is 79.9. The molecule has 7 nitrogen and oxygen atoms in total. The van der Waals surface area contributed by atoms with E-state index in [1.54, 1.807) is 6.20 Å². The first-order valence-corrected chi connectivity index (χ1v) is 12.2. The summed E-state index contributed by atoms with van der Waals surface area (Å²) in [7, 11) is 2.14. The maximum Gasteiger partial charge on any atom is 0.325 e. The first-order valence-electron chi connectivity index (χ1n) is 10.6. The second-order valence-corrected chi connectivity index (χ2v) is 10.7. The number of hydrogen-bond acceptors (Lipinski definition) is 8. The van der Waals surface area contributed by atoms with Crippen LogP contribution in [0.5, 0.6) is 11.8 Å². The number of halogens is 1. The lowest BCUT2D eigenvalue weighted by molar-refractivity contribution is 0.311. The van der Waals surface area contributed by atoms with Crippen molar-refractivity contribution in [2.24, 2.45) is 0 Å². The lowest BCUT2D eigenvalue weighted by atomic mass is 10.0. The van der Waals surface area contributed by atoms with Crippen molar-refractivity contribution >= 4 is 50.1 Å². The Morgan fingerprint density at radius 2 is 1.94 bits per heavy atom. The Balaban J connectivity index is 1.47. The number of allylic oxidation sites excluding steroid dienone is 1. The number of benzene rings is 1. The van der Waals surface area contributed by atoms with Crippen LogP contribution in [-0.4, -0.2) is 53.1 Å². The van der Waals surface area contributed by atoms with Crippen LogP contribution in [0.1, 0.15) is 23.6 Å². The Kier molecular flexibility index (Phi) is 5.88. The second kappa shape index (κ2) is 8.80. The van der Waals surface area contributed by atoms with Crippen LogP contribution >= 0.6 is 27.3 Å². The van der Waals surface area contributed by atoms with E-state index in [0.29, 0.717) is 11.8 Å². The van der Waals surface area contributed by atoms with Gasteiger partial charge in [-0.15, -0.1) is 0 Å². The van der Waals surface area contributed by atoms with Crippen LogP contribution in [0.2, 0.25) is 0 Å². The number of fused-ring (bicyclic) bond motifs is 1. The quantitative estimate of drug-likeness (QED) is 0.500. The number of anilines is 3. The van der Waals surface area contributed by atoms with Crippen molar-refractivity contribution in [2.45, 2.75) is 20.3 Å². The summed E-state index contributed by atoms with van der Waals surface area (Å²) in [6.45, 7) is 8.08. The number of nitrogens with zero attached hydrogens (tertiary/aromatic N) is 5.